The fourth-order valence-corrected chi connectivity index (χ4v) is 0.921. The van der Waals surface area contributed by atoms with E-state index >= 15 is 0 Å². The highest BCUT2D eigenvalue weighted by atomic mass is 16.2. The number of carbonyl (C=O) groups is 2. The third-order valence-electron chi connectivity index (χ3n) is 1.80. The Morgan fingerprint density at radius 2 is 2.25 bits per heavy atom. The zero-order valence-electron chi connectivity index (χ0n) is 9.17. The largest absolute Gasteiger partial charge is 0.367 e. The summed E-state index contributed by atoms with van der Waals surface area (Å²) in [6.45, 7) is -0.0408. The Morgan fingerprint density at radius 1 is 1.56 bits per heavy atom. The summed E-state index contributed by atoms with van der Waals surface area (Å²) in [4.78, 5) is 27.6. The van der Waals surface area contributed by atoms with E-state index < -0.39 is 0 Å². The maximum absolute atomic E-state index is 11.3. The molecule has 1 aromatic heterocycles. The van der Waals surface area contributed by atoms with E-state index in [1.807, 2.05) is 0 Å². The van der Waals surface area contributed by atoms with E-state index in [0.29, 0.717) is 0 Å². The van der Waals surface area contributed by atoms with Gasteiger partial charge in [0.1, 0.15) is 12.9 Å². The van der Waals surface area contributed by atoms with E-state index in [9.17, 15) is 9.59 Å². The van der Waals surface area contributed by atoms with Crippen LogP contribution in [-0.2, 0) is 16.1 Å². The molecule has 0 aliphatic carbocycles. The lowest BCUT2D eigenvalue weighted by Gasteiger charge is -2.10. The normalized spacial score (nSPS) is 9.88. The highest BCUT2D eigenvalue weighted by Gasteiger charge is 2.08. The van der Waals surface area contributed by atoms with Crippen LogP contribution in [0.5, 0.6) is 0 Å². The summed E-state index contributed by atoms with van der Waals surface area (Å²) in [7, 11) is 3.24. The third kappa shape index (κ3) is 3.56. The molecule has 0 fully saturated rings. The average molecular weight is 226 g/mol. The number of likely N-dealkylation sites (N-methyl/N-ethyl adjacent to an activating group) is 1. The molecule has 0 radical (unpaired) electrons. The zero-order valence-corrected chi connectivity index (χ0v) is 9.17. The Morgan fingerprint density at radius 3 is 2.75 bits per heavy atom. The van der Waals surface area contributed by atoms with Gasteiger partial charge in [-0.1, -0.05) is 0 Å². The van der Waals surface area contributed by atoms with Crippen molar-refractivity contribution in [3.05, 3.63) is 6.33 Å². The lowest BCUT2D eigenvalue weighted by molar-refractivity contribution is -0.131. The molecule has 0 unspecified atom stereocenters. The number of nitrogens with one attached hydrogen (secondary N) is 1. The summed E-state index contributed by atoms with van der Waals surface area (Å²) in [6, 6.07) is 0. The molecule has 0 atom stereocenters. The molecule has 0 spiro atoms. The van der Waals surface area contributed by atoms with Gasteiger partial charge < -0.3 is 16.0 Å². The van der Waals surface area contributed by atoms with Crippen molar-refractivity contribution >= 4 is 17.8 Å². The van der Waals surface area contributed by atoms with Crippen LogP contribution in [0.2, 0.25) is 0 Å². The van der Waals surface area contributed by atoms with Gasteiger partial charge in [-0.15, -0.1) is 5.10 Å². The maximum Gasteiger partial charge on any atom is 0.242 e. The molecule has 16 heavy (non-hydrogen) atoms. The van der Waals surface area contributed by atoms with Crippen LogP contribution in [0.15, 0.2) is 6.33 Å². The van der Waals surface area contributed by atoms with E-state index in [4.69, 9.17) is 5.73 Å². The minimum absolute atomic E-state index is 0.00902. The molecule has 1 heterocycles. The fourth-order valence-electron chi connectivity index (χ4n) is 0.921. The van der Waals surface area contributed by atoms with Crippen molar-refractivity contribution in [1.82, 2.24) is 25.0 Å². The first-order valence-corrected chi connectivity index (χ1v) is 4.61. The molecule has 0 aliphatic rings. The predicted molar refractivity (Wildman–Crippen MR) is 56.1 cm³/mol. The summed E-state index contributed by atoms with van der Waals surface area (Å²) in [5.74, 6) is -0.385. The highest BCUT2D eigenvalue weighted by Crippen LogP contribution is 1.88. The first-order chi connectivity index (χ1) is 7.49. The summed E-state index contributed by atoms with van der Waals surface area (Å²) in [5.41, 5.74) is 5.28. The first kappa shape index (κ1) is 12.0. The second-order valence-electron chi connectivity index (χ2n) is 3.37. The molecule has 3 N–H and O–H groups in total. The number of nitrogen functional groups attached to an aromatic ring is 1. The Kier molecular flexibility index (Phi) is 3.81. The van der Waals surface area contributed by atoms with Crippen LogP contribution in [0.1, 0.15) is 0 Å². The number of nitrogens with two attached hydrogens (primary N) is 1. The minimum atomic E-state index is -0.319. The summed E-state index contributed by atoms with van der Waals surface area (Å²) in [6.07, 6.45) is 1.35. The van der Waals surface area contributed by atoms with E-state index in [2.05, 4.69) is 15.4 Å². The quantitative estimate of drug-likeness (QED) is 0.621. The van der Waals surface area contributed by atoms with Crippen molar-refractivity contribution in [2.24, 2.45) is 0 Å². The lowest BCUT2D eigenvalue weighted by Crippen LogP contribution is -2.37. The third-order valence-corrected chi connectivity index (χ3v) is 1.80. The molecule has 0 aromatic carbocycles. The van der Waals surface area contributed by atoms with Gasteiger partial charge in [-0.05, 0) is 0 Å². The van der Waals surface area contributed by atoms with Crippen LogP contribution in [0.3, 0.4) is 0 Å². The molecule has 8 heteroatoms. The number of hydrogen-bond donors (Lipinski definition) is 2. The van der Waals surface area contributed by atoms with Gasteiger partial charge >= 0.3 is 0 Å². The van der Waals surface area contributed by atoms with Crippen molar-refractivity contribution in [2.45, 2.75) is 6.54 Å². The van der Waals surface area contributed by atoms with Crippen LogP contribution < -0.4 is 11.1 Å². The smallest absolute Gasteiger partial charge is 0.242 e. The minimum Gasteiger partial charge on any atom is -0.367 e. The van der Waals surface area contributed by atoms with Gasteiger partial charge in [-0.25, -0.2) is 9.67 Å². The number of carbonyl (C=O) groups excluding carboxylic acids is 2. The van der Waals surface area contributed by atoms with Gasteiger partial charge in [0.25, 0.3) is 0 Å². The molecular formula is C8H14N6O2. The number of rotatable bonds is 4. The molecule has 0 saturated carbocycles. The van der Waals surface area contributed by atoms with E-state index in [0.717, 1.165) is 0 Å². The number of nitrogens with zero attached hydrogens (tertiary/aromatic N) is 4. The van der Waals surface area contributed by atoms with E-state index in [1.165, 1.54) is 15.9 Å². The fraction of sp³-hybridized carbons (Fsp3) is 0.500. The van der Waals surface area contributed by atoms with Gasteiger partial charge in [-0.3, -0.25) is 9.59 Å². The molecule has 2 amide bonds. The highest BCUT2D eigenvalue weighted by molar-refractivity contribution is 5.84. The van der Waals surface area contributed by atoms with Gasteiger partial charge in [0.05, 0.1) is 6.54 Å². The van der Waals surface area contributed by atoms with Crippen LogP contribution in [-0.4, -0.2) is 52.1 Å². The zero-order chi connectivity index (χ0) is 12.1. The Labute approximate surface area is 92.4 Å². The average Bonchev–Trinajstić information content (AvgIpc) is 2.60. The lowest BCUT2D eigenvalue weighted by atomic mass is 10.5. The molecule has 1 rings (SSSR count). The van der Waals surface area contributed by atoms with Crippen molar-refractivity contribution < 1.29 is 9.59 Å². The molecule has 8 nitrogen and oxygen atoms in total. The van der Waals surface area contributed by atoms with Gasteiger partial charge in [0, 0.05) is 14.1 Å². The van der Waals surface area contributed by atoms with E-state index in [1.54, 1.807) is 14.1 Å². The molecule has 1 aromatic rings. The number of anilines is 1. The van der Waals surface area contributed by atoms with Gasteiger partial charge in [0.15, 0.2) is 0 Å². The van der Waals surface area contributed by atoms with Crippen molar-refractivity contribution in [3.8, 4) is 0 Å². The monoisotopic (exact) mass is 226 g/mol. The predicted octanol–water partition coefficient (Wildman–Crippen LogP) is -1.94. The number of hydrogen-bond acceptors (Lipinski definition) is 5. The maximum atomic E-state index is 11.3. The van der Waals surface area contributed by atoms with Crippen molar-refractivity contribution in [3.63, 3.8) is 0 Å². The second kappa shape index (κ2) is 5.10. The molecular weight excluding hydrogens is 212 g/mol. The van der Waals surface area contributed by atoms with E-state index in [-0.39, 0.29) is 30.9 Å². The molecule has 88 valence electrons. The van der Waals surface area contributed by atoms with Crippen LogP contribution in [0, 0.1) is 0 Å². The molecule has 0 aliphatic heterocycles. The van der Waals surface area contributed by atoms with Crippen LogP contribution in [0.4, 0.5) is 5.95 Å². The van der Waals surface area contributed by atoms with Crippen LogP contribution >= 0.6 is 0 Å². The molecule has 0 saturated heterocycles. The van der Waals surface area contributed by atoms with Crippen molar-refractivity contribution in [1.29, 1.82) is 0 Å². The van der Waals surface area contributed by atoms with Crippen molar-refractivity contribution in [2.75, 3.05) is 26.4 Å². The summed E-state index contributed by atoms with van der Waals surface area (Å²) in [5, 5.41) is 6.20. The van der Waals surface area contributed by atoms with Gasteiger partial charge in [0.2, 0.25) is 17.8 Å². The summed E-state index contributed by atoms with van der Waals surface area (Å²) < 4.78 is 1.30. The first-order valence-electron chi connectivity index (χ1n) is 4.61. The summed E-state index contributed by atoms with van der Waals surface area (Å²) >= 11 is 0. The topological polar surface area (TPSA) is 106 Å². The standard InChI is InChI=1S/C8H14N6O2/c1-13(2)7(16)3-10-6(15)4-14-5-11-8(9)12-14/h5H,3-4H2,1-2H3,(H2,9,12)(H,10,15). The Bertz CT molecular complexity index is 386. The number of amides is 2. The Hall–Kier alpha value is -2.12. The van der Waals surface area contributed by atoms with Gasteiger partial charge in [-0.2, -0.15) is 0 Å². The van der Waals surface area contributed by atoms with Crippen LogP contribution in [0.25, 0.3) is 0 Å². The SMILES string of the molecule is CN(C)C(=O)CNC(=O)Cn1cnc(N)n1. The Balaban J connectivity index is 2.34. The second-order valence-corrected chi connectivity index (χ2v) is 3.37. The molecule has 0 bridgehead atoms. The number of aromatic nitrogens is 3.